The van der Waals surface area contributed by atoms with E-state index in [4.69, 9.17) is 11.6 Å². The number of piperidine rings is 1. The minimum absolute atomic E-state index is 0.204. The molecule has 0 aliphatic carbocycles. The Labute approximate surface area is 117 Å². The molecule has 0 radical (unpaired) electrons. The molecule has 1 N–H and O–H groups in total. The van der Waals surface area contributed by atoms with Crippen LogP contribution < -0.4 is 4.90 Å². The number of carbonyl (C=O) groups excluding carboxylic acids is 1. The van der Waals surface area contributed by atoms with Gasteiger partial charge in [0.1, 0.15) is 16.8 Å². The first-order chi connectivity index (χ1) is 9.02. The maximum Gasteiger partial charge on any atom is 0.156 e. The molecular formula is C13H18ClN3O2. The van der Waals surface area contributed by atoms with Gasteiger partial charge in [-0.2, -0.15) is 0 Å². The number of anilines is 1. The first kappa shape index (κ1) is 14.2. The van der Waals surface area contributed by atoms with Gasteiger partial charge in [-0.3, -0.25) is 4.79 Å². The van der Waals surface area contributed by atoms with Gasteiger partial charge in [-0.25, -0.2) is 9.97 Å². The monoisotopic (exact) mass is 283 g/mol. The van der Waals surface area contributed by atoms with Crippen molar-refractivity contribution in [3.05, 3.63) is 16.5 Å². The van der Waals surface area contributed by atoms with Crippen molar-refractivity contribution >= 4 is 23.7 Å². The van der Waals surface area contributed by atoms with Gasteiger partial charge in [0, 0.05) is 13.1 Å². The normalized spacial score (nSPS) is 18.4. The molecule has 1 saturated heterocycles. The van der Waals surface area contributed by atoms with Crippen molar-refractivity contribution in [1.82, 2.24) is 9.97 Å². The predicted octanol–water partition coefficient (Wildman–Crippen LogP) is 1.85. The van der Waals surface area contributed by atoms with Crippen LogP contribution in [0, 0.1) is 12.8 Å². The van der Waals surface area contributed by atoms with Gasteiger partial charge in [0.05, 0.1) is 11.7 Å². The van der Waals surface area contributed by atoms with Crippen molar-refractivity contribution in [2.24, 2.45) is 5.92 Å². The van der Waals surface area contributed by atoms with Crippen LogP contribution in [0.3, 0.4) is 0 Å². The van der Waals surface area contributed by atoms with Crippen LogP contribution in [0.1, 0.15) is 35.9 Å². The van der Waals surface area contributed by atoms with Gasteiger partial charge in [0.25, 0.3) is 0 Å². The fraction of sp³-hybridized carbons (Fsp3) is 0.615. The molecule has 0 amide bonds. The molecule has 5 nitrogen and oxygen atoms in total. The van der Waals surface area contributed by atoms with Crippen LogP contribution in [-0.4, -0.2) is 40.6 Å². The van der Waals surface area contributed by atoms with Gasteiger partial charge in [-0.05, 0) is 32.6 Å². The number of halogens is 1. The first-order valence-corrected chi connectivity index (χ1v) is 6.83. The second kappa shape index (κ2) is 5.84. The molecule has 0 saturated carbocycles. The van der Waals surface area contributed by atoms with E-state index in [1.54, 1.807) is 6.92 Å². The zero-order valence-electron chi connectivity index (χ0n) is 11.1. The molecule has 2 heterocycles. The van der Waals surface area contributed by atoms with Crippen molar-refractivity contribution in [1.29, 1.82) is 0 Å². The molecule has 0 bridgehead atoms. The van der Waals surface area contributed by atoms with Crippen LogP contribution in [0.2, 0.25) is 5.15 Å². The van der Waals surface area contributed by atoms with Gasteiger partial charge < -0.3 is 10.0 Å². The fourth-order valence-corrected chi connectivity index (χ4v) is 2.72. The number of carbonyl (C=O) groups is 1. The Hall–Kier alpha value is -1.20. The Morgan fingerprint density at radius 2 is 2.05 bits per heavy atom. The maximum absolute atomic E-state index is 11.1. The average molecular weight is 284 g/mol. The summed E-state index contributed by atoms with van der Waals surface area (Å²) in [5.74, 6) is 1.48. The second-order valence-electron chi connectivity index (χ2n) is 4.98. The van der Waals surface area contributed by atoms with Gasteiger partial charge in [-0.15, -0.1) is 0 Å². The van der Waals surface area contributed by atoms with E-state index < -0.39 is 0 Å². The van der Waals surface area contributed by atoms with Gasteiger partial charge in [0.15, 0.2) is 6.29 Å². The van der Waals surface area contributed by atoms with Crippen molar-refractivity contribution < 1.29 is 9.90 Å². The fourth-order valence-electron chi connectivity index (χ4n) is 2.47. The second-order valence-corrected chi connectivity index (χ2v) is 5.34. The first-order valence-electron chi connectivity index (χ1n) is 6.45. The zero-order chi connectivity index (χ0) is 14.0. The molecular weight excluding hydrogens is 266 g/mol. The number of hydrogen-bond acceptors (Lipinski definition) is 5. The van der Waals surface area contributed by atoms with Gasteiger partial charge in [0.2, 0.25) is 0 Å². The Bertz CT molecular complexity index is 471. The van der Waals surface area contributed by atoms with Crippen molar-refractivity contribution in [3.63, 3.8) is 0 Å². The van der Waals surface area contributed by atoms with Gasteiger partial charge >= 0.3 is 0 Å². The van der Waals surface area contributed by atoms with Crippen LogP contribution >= 0.6 is 11.6 Å². The molecule has 1 fully saturated rings. The summed E-state index contributed by atoms with van der Waals surface area (Å²) in [6, 6.07) is 0. The molecule has 1 aromatic rings. The highest BCUT2D eigenvalue weighted by Gasteiger charge is 2.25. The van der Waals surface area contributed by atoms with E-state index in [2.05, 4.69) is 9.97 Å². The summed E-state index contributed by atoms with van der Waals surface area (Å²) in [5, 5.41) is 9.81. The number of aryl methyl sites for hydroxylation is 1. The Kier molecular flexibility index (Phi) is 4.37. The molecule has 1 aliphatic rings. The highest BCUT2D eigenvalue weighted by atomic mass is 35.5. The van der Waals surface area contributed by atoms with E-state index in [0.717, 1.165) is 25.9 Å². The molecule has 1 aromatic heterocycles. The SMILES string of the molecule is Cc1nc(Cl)c(C=O)c(N2CCC(C(C)O)CC2)n1. The summed E-state index contributed by atoms with van der Waals surface area (Å²) in [5.41, 5.74) is 0.350. The van der Waals surface area contributed by atoms with E-state index in [1.807, 2.05) is 11.8 Å². The lowest BCUT2D eigenvalue weighted by Gasteiger charge is -2.34. The molecule has 0 aromatic carbocycles. The summed E-state index contributed by atoms with van der Waals surface area (Å²) in [6.07, 6.45) is 2.19. The van der Waals surface area contributed by atoms with Crippen LogP contribution in [-0.2, 0) is 0 Å². The van der Waals surface area contributed by atoms with Crippen molar-refractivity contribution in [3.8, 4) is 0 Å². The van der Waals surface area contributed by atoms with Crippen molar-refractivity contribution in [2.45, 2.75) is 32.8 Å². The number of aliphatic hydroxyl groups excluding tert-OH is 1. The quantitative estimate of drug-likeness (QED) is 0.677. The van der Waals surface area contributed by atoms with Crippen LogP contribution in [0.4, 0.5) is 5.82 Å². The molecule has 1 aliphatic heterocycles. The molecule has 6 heteroatoms. The van der Waals surface area contributed by atoms with E-state index in [1.165, 1.54) is 0 Å². The summed E-state index contributed by atoms with van der Waals surface area (Å²) in [7, 11) is 0. The van der Waals surface area contributed by atoms with E-state index in [-0.39, 0.29) is 11.3 Å². The van der Waals surface area contributed by atoms with Crippen LogP contribution in [0.25, 0.3) is 0 Å². The van der Waals surface area contributed by atoms with E-state index in [0.29, 0.717) is 29.4 Å². The number of aldehydes is 1. The third kappa shape index (κ3) is 3.04. The van der Waals surface area contributed by atoms with E-state index in [9.17, 15) is 9.90 Å². The Morgan fingerprint density at radius 1 is 1.42 bits per heavy atom. The largest absolute Gasteiger partial charge is 0.393 e. The van der Waals surface area contributed by atoms with E-state index >= 15 is 0 Å². The number of nitrogens with zero attached hydrogens (tertiary/aromatic N) is 3. The van der Waals surface area contributed by atoms with Crippen molar-refractivity contribution in [2.75, 3.05) is 18.0 Å². The minimum Gasteiger partial charge on any atom is -0.393 e. The molecule has 19 heavy (non-hydrogen) atoms. The lowest BCUT2D eigenvalue weighted by molar-refractivity contribution is 0.109. The topological polar surface area (TPSA) is 66.3 Å². The summed E-state index contributed by atoms with van der Waals surface area (Å²) in [6.45, 7) is 5.11. The summed E-state index contributed by atoms with van der Waals surface area (Å²) in [4.78, 5) is 21.5. The average Bonchev–Trinajstić information content (AvgIpc) is 2.38. The highest BCUT2D eigenvalue weighted by molar-refractivity contribution is 6.32. The molecule has 0 spiro atoms. The number of aliphatic hydroxyl groups is 1. The molecule has 1 atom stereocenters. The summed E-state index contributed by atoms with van der Waals surface area (Å²) < 4.78 is 0. The number of rotatable bonds is 3. The van der Waals surface area contributed by atoms with Gasteiger partial charge in [-0.1, -0.05) is 11.6 Å². The molecule has 2 rings (SSSR count). The number of hydrogen-bond donors (Lipinski definition) is 1. The lowest BCUT2D eigenvalue weighted by atomic mass is 9.92. The molecule has 104 valence electrons. The minimum atomic E-state index is -0.289. The summed E-state index contributed by atoms with van der Waals surface area (Å²) >= 11 is 5.98. The molecule has 1 unspecified atom stereocenters. The number of aromatic nitrogens is 2. The predicted molar refractivity (Wildman–Crippen MR) is 73.8 cm³/mol. The smallest absolute Gasteiger partial charge is 0.156 e. The zero-order valence-corrected chi connectivity index (χ0v) is 11.9. The van der Waals surface area contributed by atoms with Crippen LogP contribution in [0.5, 0.6) is 0 Å². The maximum atomic E-state index is 11.1. The third-order valence-corrected chi connectivity index (χ3v) is 3.92. The lowest BCUT2D eigenvalue weighted by Crippen LogP contribution is -2.38. The standard InChI is InChI=1S/C13H18ClN3O2/c1-8(19)10-3-5-17(6-4-10)13-11(7-18)12(14)15-9(2)16-13/h7-8,10,19H,3-6H2,1-2H3. The third-order valence-electron chi connectivity index (χ3n) is 3.63. The highest BCUT2D eigenvalue weighted by Crippen LogP contribution is 2.28. The van der Waals surface area contributed by atoms with Crippen LogP contribution in [0.15, 0.2) is 0 Å². The Balaban J connectivity index is 2.22. The Morgan fingerprint density at radius 3 is 2.58 bits per heavy atom.